The predicted octanol–water partition coefficient (Wildman–Crippen LogP) is 7.36. The fraction of sp³-hybridized carbons (Fsp3) is 0.925. The van der Waals surface area contributed by atoms with Gasteiger partial charge in [-0.2, -0.15) is 0 Å². The number of methoxy groups -OCH3 is 1. The molecule has 7 heteroatoms. The summed E-state index contributed by atoms with van der Waals surface area (Å²) < 4.78 is 20.1. The summed E-state index contributed by atoms with van der Waals surface area (Å²) in [6.45, 7) is 25.9. The SMILES string of the molecule is CO[C@@H]1C[C@@]23COC[C@](C)([C@@H]2CC[C@H]2C3=CC[C@@]3(C)[C@H](C(=O)O)[C@@](C)([C@H](C)C(C)C)CC[C@]23C)[C@H]1OC[C@](C)(NCCCO)C(C)C. The van der Waals surface area contributed by atoms with Crippen LogP contribution in [0, 0.1) is 62.6 Å². The number of aliphatic carboxylic acids is 1. The van der Waals surface area contributed by atoms with Crippen molar-refractivity contribution in [1.82, 2.24) is 5.32 Å². The van der Waals surface area contributed by atoms with Crippen molar-refractivity contribution in [2.24, 2.45) is 62.6 Å². The summed E-state index contributed by atoms with van der Waals surface area (Å²) in [6.07, 6.45) is 9.02. The molecule has 270 valence electrons. The molecule has 5 rings (SSSR count). The van der Waals surface area contributed by atoms with Gasteiger partial charge in [0.25, 0.3) is 0 Å². The van der Waals surface area contributed by atoms with E-state index in [-0.39, 0.29) is 57.3 Å². The van der Waals surface area contributed by atoms with Crippen LogP contribution in [0.15, 0.2) is 11.6 Å². The van der Waals surface area contributed by atoms with Crippen molar-refractivity contribution >= 4 is 5.97 Å². The van der Waals surface area contributed by atoms with E-state index in [0.717, 1.165) is 51.5 Å². The molecule has 3 saturated carbocycles. The van der Waals surface area contributed by atoms with Gasteiger partial charge in [0, 0.05) is 30.1 Å². The van der Waals surface area contributed by atoms with E-state index in [4.69, 9.17) is 14.2 Å². The van der Waals surface area contributed by atoms with Gasteiger partial charge in [-0.25, -0.2) is 0 Å². The zero-order valence-corrected chi connectivity index (χ0v) is 31.7. The van der Waals surface area contributed by atoms with Gasteiger partial charge in [-0.1, -0.05) is 74.0 Å². The second-order valence-electron chi connectivity index (χ2n) is 18.6. The highest BCUT2D eigenvalue weighted by molar-refractivity contribution is 5.73. The molecule has 3 N–H and O–H groups in total. The van der Waals surface area contributed by atoms with Gasteiger partial charge in [-0.05, 0) is 104 Å². The number of fused-ring (bicyclic) bond motifs is 3. The van der Waals surface area contributed by atoms with Crippen LogP contribution in [0.2, 0.25) is 0 Å². The third kappa shape index (κ3) is 5.50. The van der Waals surface area contributed by atoms with Crippen molar-refractivity contribution in [2.75, 3.05) is 40.1 Å². The van der Waals surface area contributed by atoms with Gasteiger partial charge in [0.05, 0.1) is 37.9 Å². The van der Waals surface area contributed by atoms with Crippen LogP contribution >= 0.6 is 0 Å². The highest BCUT2D eigenvalue weighted by Crippen LogP contribution is 2.75. The number of carboxylic acids is 1. The third-order valence-corrected chi connectivity index (χ3v) is 16.1. The first-order chi connectivity index (χ1) is 21.9. The Balaban J connectivity index is 1.50. The number of hydrogen-bond donors (Lipinski definition) is 3. The Labute approximate surface area is 286 Å². The summed E-state index contributed by atoms with van der Waals surface area (Å²) >= 11 is 0. The summed E-state index contributed by atoms with van der Waals surface area (Å²) in [7, 11) is 1.85. The molecule has 1 heterocycles. The maximum absolute atomic E-state index is 13.4. The van der Waals surface area contributed by atoms with Gasteiger partial charge in [0.2, 0.25) is 0 Å². The number of ether oxygens (including phenoxy) is 3. The number of carbonyl (C=O) groups is 1. The fourth-order valence-corrected chi connectivity index (χ4v) is 12.2. The van der Waals surface area contributed by atoms with E-state index in [9.17, 15) is 15.0 Å². The Kier molecular flexibility index (Phi) is 10.3. The smallest absolute Gasteiger partial charge is 0.307 e. The van der Waals surface area contributed by atoms with E-state index < -0.39 is 5.97 Å². The van der Waals surface area contributed by atoms with Gasteiger partial charge in [0.15, 0.2) is 0 Å². The largest absolute Gasteiger partial charge is 0.481 e. The molecule has 0 aromatic rings. The molecule has 0 radical (unpaired) electrons. The minimum atomic E-state index is -0.609. The van der Waals surface area contributed by atoms with Crippen molar-refractivity contribution in [3.8, 4) is 0 Å². The monoisotopic (exact) mass is 660 g/mol. The number of aliphatic hydroxyl groups excluding tert-OH is 1. The summed E-state index contributed by atoms with van der Waals surface area (Å²) in [6, 6.07) is 0. The average molecular weight is 660 g/mol. The van der Waals surface area contributed by atoms with E-state index in [1.807, 2.05) is 7.11 Å². The van der Waals surface area contributed by atoms with Gasteiger partial charge < -0.3 is 29.7 Å². The molecule has 4 fully saturated rings. The van der Waals surface area contributed by atoms with Crippen LogP contribution in [-0.4, -0.2) is 74.0 Å². The number of rotatable bonds is 12. The summed E-state index contributed by atoms with van der Waals surface area (Å²) in [5.74, 6) is 0.902. The Bertz CT molecular complexity index is 1190. The molecule has 1 saturated heterocycles. The number of allylic oxidation sites excluding steroid dienone is 1. The Morgan fingerprint density at radius 3 is 2.38 bits per heavy atom. The van der Waals surface area contributed by atoms with E-state index in [1.165, 1.54) is 0 Å². The quantitative estimate of drug-likeness (QED) is 0.149. The lowest BCUT2D eigenvalue weighted by Gasteiger charge is -2.71. The second-order valence-corrected chi connectivity index (χ2v) is 18.6. The van der Waals surface area contributed by atoms with Crippen molar-refractivity contribution in [1.29, 1.82) is 0 Å². The molecule has 0 unspecified atom stereocenters. The molecular formula is C40H69NO6. The zero-order valence-electron chi connectivity index (χ0n) is 31.7. The molecule has 1 aliphatic heterocycles. The molecule has 12 atom stereocenters. The summed E-state index contributed by atoms with van der Waals surface area (Å²) in [5, 5.41) is 24.1. The lowest BCUT2D eigenvalue weighted by atomic mass is 9.34. The number of hydrogen-bond acceptors (Lipinski definition) is 6. The van der Waals surface area contributed by atoms with E-state index in [1.54, 1.807) is 5.57 Å². The first-order valence-electron chi connectivity index (χ1n) is 18.9. The highest BCUT2D eigenvalue weighted by atomic mass is 16.5. The molecule has 0 spiro atoms. The van der Waals surface area contributed by atoms with E-state index in [2.05, 4.69) is 80.6 Å². The van der Waals surface area contributed by atoms with Gasteiger partial charge in [-0.15, -0.1) is 0 Å². The number of aliphatic hydroxyl groups is 1. The number of nitrogens with one attached hydrogen (secondary N) is 1. The molecule has 7 nitrogen and oxygen atoms in total. The lowest BCUT2D eigenvalue weighted by Crippen LogP contribution is -2.70. The normalized spacial score (nSPS) is 45.0. The molecule has 47 heavy (non-hydrogen) atoms. The van der Waals surface area contributed by atoms with Crippen molar-refractivity contribution < 1.29 is 29.2 Å². The van der Waals surface area contributed by atoms with Crippen LogP contribution in [0.5, 0.6) is 0 Å². The van der Waals surface area contributed by atoms with Crippen LogP contribution in [0.4, 0.5) is 0 Å². The summed E-state index contributed by atoms with van der Waals surface area (Å²) in [5.41, 5.74) is 0.342. The molecule has 4 aliphatic carbocycles. The fourth-order valence-electron chi connectivity index (χ4n) is 12.2. The maximum Gasteiger partial charge on any atom is 0.307 e. The maximum atomic E-state index is 13.4. The molecule has 2 bridgehead atoms. The Hall–Kier alpha value is -0.990. The van der Waals surface area contributed by atoms with Crippen LogP contribution in [0.3, 0.4) is 0 Å². The lowest BCUT2D eigenvalue weighted by molar-refractivity contribution is -0.270. The molecular weight excluding hydrogens is 590 g/mol. The zero-order chi connectivity index (χ0) is 34.8. The average Bonchev–Trinajstić information content (AvgIpc) is 3.00. The summed E-state index contributed by atoms with van der Waals surface area (Å²) in [4.78, 5) is 13.4. The second kappa shape index (κ2) is 13.0. The van der Waals surface area contributed by atoms with E-state index in [0.29, 0.717) is 49.4 Å². The first-order valence-corrected chi connectivity index (χ1v) is 18.9. The first kappa shape index (κ1) is 37.3. The van der Waals surface area contributed by atoms with Crippen LogP contribution in [0.25, 0.3) is 0 Å². The minimum Gasteiger partial charge on any atom is -0.481 e. The van der Waals surface area contributed by atoms with Gasteiger partial charge in [0.1, 0.15) is 0 Å². The minimum absolute atomic E-state index is 0.0527. The third-order valence-electron chi connectivity index (χ3n) is 16.1. The number of carboxylic acid groups (broad SMARTS) is 1. The van der Waals surface area contributed by atoms with E-state index >= 15 is 0 Å². The van der Waals surface area contributed by atoms with Crippen molar-refractivity contribution in [3.05, 3.63) is 11.6 Å². The highest BCUT2D eigenvalue weighted by Gasteiger charge is 2.71. The van der Waals surface area contributed by atoms with Crippen LogP contribution in [0.1, 0.15) is 114 Å². The van der Waals surface area contributed by atoms with Crippen LogP contribution in [-0.2, 0) is 19.0 Å². The van der Waals surface area contributed by atoms with Gasteiger partial charge in [-0.3, -0.25) is 4.79 Å². The van der Waals surface area contributed by atoms with Crippen molar-refractivity contribution in [3.63, 3.8) is 0 Å². The topological polar surface area (TPSA) is 97.3 Å². The van der Waals surface area contributed by atoms with Crippen molar-refractivity contribution in [2.45, 2.75) is 132 Å². The molecule has 0 amide bonds. The Morgan fingerprint density at radius 2 is 1.79 bits per heavy atom. The molecule has 5 aliphatic rings. The molecule has 0 aromatic heterocycles. The Morgan fingerprint density at radius 1 is 1.09 bits per heavy atom. The molecule has 0 aromatic carbocycles. The predicted molar refractivity (Wildman–Crippen MR) is 187 cm³/mol. The van der Waals surface area contributed by atoms with Gasteiger partial charge >= 0.3 is 5.97 Å². The van der Waals surface area contributed by atoms with Crippen LogP contribution < -0.4 is 5.32 Å². The standard InChI is InChI=1S/C40H69NO6/c1-25(2)27(5)35(6)17-18-37(8)28-13-14-31-36(7)22-46-24-40(31,29(28)15-16-38(37,9)32(35)34(43)44)21-30(45-11)33(36)47-23-39(10,26(3)4)41-19-12-20-42/h15,25-28,30-33,41-42H,12-14,16-24H2,1-11H3,(H,43,44)/t27-,28+,30-,31+,32-,33+,35-,36-,37-,38+,39+,40+/m1/s1.